The van der Waals surface area contributed by atoms with Crippen molar-refractivity contribution in [1.82, 2.24) is 0 Å². The molecule has 1 heterocycles. The quantitative estimate of drug-likeness (QED) is 0.362. The van der Waals surface area contributed by atoms with Crippen LogP contribution >= 0.6 is 11.6 Å². The number of carbonyl (C=O) groups excluding carboxylic acids is 1. The Morgan fingerprint density at radius 1 is 1.30 bits per heavy atom. The van der Waals surface area contributed by atoms with Crippen LogP contribution in [0, 0.1) is 10.1 Å². The number of nitrogens with zero attached hydrogens (tertiary/aromatic N) is 2. The maximum atomic E-state index is 12.1. The van der Waals surface area contributed by atoms with Crippen molar-refractivity contribution in [2.45, 2.75) is 32.1 Å². The van der Waals surface area contributed by atoms with Crippen LogP contribution in [0.5, 0.6) is 0 Å². The Bertz CT molecular complexity index is 519. The molecular weight excluding hydrogens is 280 g/mol. The molecule has 0 unspecified atom stereocenters. The molecule has 0 spiro atoms. The van der Waals surface area contributed by atoms with Crippen molar-refractivity contribution in [2.24, 2.45) is 0 Å². The minimum absolute atomic E-state index is 0.0822. The molecule has 0 atom stereocenters. The topological polar surface area (TPSA) is 63.4 Å². The molecule has 0 saturated heterocycles. The molecule has 0 saturated carbocycles. The van der Waals surface area contributed by atoms with Gasteiger partial charge in [0.1, 0.15) is 0 Å². The molecule has 20 heavy (non-hydrogen) atoms. The van der Waals surface area contributed by atoms with E-state index in [-0.39, 0.29) is 11.6 Å². The summed E-state index contributed by atoms with van der Waals surface area (Å²) in [5, 5.41) is 10.8. The smallest absolute Gasteiger partial charge is 0.269 e. The molecule has 1 aromatic rings. The van der Waals surface area contributed by atoms with Gasteiger partial charge in [0.25, 0.3) is 5.69 Å². The molecule has 0 N–H and O–H groups in total. The SMILES string of the molecule is O=C1CCCc2cc([N+](=O)[O-])ccc2N1CCCCCl. The molecule has 0 bridgehead atoms. The van der Waals surface area contributed by atoms with E-state index >= 15 is 0 Å². The van der Waals surface area contributed by atoms with Gasteiger partial charge in [-0.1, -0.05) is 0 Å². The highest BCUT2D eigenvalue weighted by molar-refractivity contribution is 6.17. The molecule has 1 aliphatic heterocycles. The number of fused-ring (bicyclic) bond motifs is 1. The number of nitro benzene ring substituents is 1. The second-order valence-electron chi connectivity index (χ2n) is 4.87. The van der Waals surface area contributed by atoms with E-state index in [1.807, 2.05) is 0 Å². The third kappa shape index (κ3) is 3.28. The maximum absolute atomic E-state index is 12.1. The largest absolute Gasteiger partial charge is 0.312 e. The van der Waals surface area contributed by atoms with Crippen LogP contribution < -0.4 is 4.90 Å². The van der Waals surface area contributed by atoms with Crippen LogP contribution in [0.3, 0.4) is 0 Å². The third-order valence-corrected chi connectivity index (χ3v) is 3.74. The van der Waals surface area contributed by atoms with E-state index in [0.717, 1.165) is 30.5 Å². The minimum Gasteiger partial charge on any atom is -0.312 e. The molecule has 0 aliphatic carbocycles. The maximum Gasteiger partial charge on any atom is 0.269 e. The van der Waals surface area contributed by atoms with Gasteiger partial charge >= 0.3 is 0 Å². The molecule has 1 amide bonds. The van der Waals surface area contributed by atoms with E-state index in [9.17, 15) is 14.9 Å². The van der Waals surface area contributed by atoms with E-state index in [2.05, 4.69) is 0 Å². The summed E-state index contributed by atoms with van der Waals surface area (Å²) in [6.45, 7) is 0.621. The molecule has 0 aromatic heterocycles. The van der Waals surface area contributed by atoms with Crippen LogP contribution in [-0.4, -0.2) is 23.3 Å². The van der Waals surface area contributed by atoms with Gasteiger partial charge in [-0.15, -0.1) is 11.6 Å². The van der Waals surface area contributed by atoms with Crippen LogP contribution in [0.1, 0.15) is 31.2 Å². The molecular formula is C14H17ClN2O3. The van der Waals surface area contributed by atoms with Crippen molar-refractivity contribution in [2.75, 3.05) is 17.3 Å². The number of hydrogen-bond acceptors (Lipinski definition) is 3. The van der Waals surface area contributed by atoms with Gasteiger partial charge < -0.3 is 4.90 Å². The molecule has 2 rings (SSSR count). The molecule has 108 valence electrons. The summed E-state index contributed by atoms with van der Waals surface area (Å²) in [5.41, 5.74) is 1.78. The molecule has 6 heteroatoms. The number of alkyl halides is 1. The van der Waals surface area contributed by atoms with Gasteiger partial charge in [-0.2, -0.15) is 0 Å². The molecule has 0 radical (unpaired) electrons. The van der Waals surface area contributed by atoms with Crippen molar-refractivity contribution in [3.05, 3.63) is 33.9 Å². The average molecular weight is 297 g/mol. The zero-order valence-electron chi connectivity index (χ0n) is 11.2. The zero-order valence-corrected chi connectivity index (χ0v) is 11.9. The summed E-state index contributed by atoms with van der Waals surface area (Å²) < 4.78 is 0. The minimum atomic E-state index is -0.398. The van der Waals surface area contributed by atoms with E-state index in [4.69, 9.17) is 11.6 Å². The van der Waals surface area contributed by atoms with Crippen molar-refractivity contribution >= 4 is 28.9 Å². The average Bonchev–Trinajstić information content (AvgIpc) is 2.58. The third-order valence-electron chi connectivity index (χ3n) is 3.47. The van der Waals surface area contributed by atoms with E-state index in [1.54, 1.807) is 17.0 Å². The highest BCUT2D eigenvalue weighted by Gasteiger charge is 2.23. The van der Waals surface area contributed by atoms with Crippen LogP contribution in [0.2, 0.25) is 0 Å². The second kappa shape index (κ2) is 6.70. The first-order valence-electron chi connectivity index (χ1n) is 6.77. The fourth-order valence-corrected chi connectivity index (χ4v) is 2.65. The molecule has 1 aromatic carbocycles. The highest BCUT2D eigenvalue weighted by Crippen LogP contribution is 2.30. The van der Waals surface area contributed by atoms with Crippen molar-refractivity contribution in [3.63, 3.8) is 0 Å². The Labute approximate surface area is 122 Å². The van der Waals surface area contributed by atoms with E-state index < -0.39 is 4.92 Å². The number of aryl methyl sites for hydroxylation is 1. The Morgan fingerprint density at radius 2 is 2.10 bits per heavy atom. The Kier molecular flexibility index (Phi) is 4.95. The van der Waals surface area contributed by atoms with Crippen LogP contribution in [0.15, 0.2) is 18.2 Å². The Morgan fingerprint density at radius 3 is 2.80 bits per heavy atom. The van der Waals surface area contributed by atoms with Crippen LogP contribution in [0.4, 0.5) is 11.4 Å². The predicted molar refractivity (Wildman–Crippen MR) is 78.3 cm³/mol. The first-order valence-corrected chi connectivity index (χ1v) is 7.30. The first kappa shape index (κ1) is 14.8. The van der Waals surface area contributed by atoms with E-state index in [0.29, 0.717) is 25.3 Å². The summed E-state index contributed by atoms with van der Waals surface area (Å²) in [6, 6.07) is 4.74. The van der Waals surface area contributed by atoms with Gasteiger partial charge in [-0.3, -0.25) is 14.9 Å². The zero-order chi connectivity index (χ0) is 14.5. The van der Waals surface area contributed by atoms with Gasteiger partial charge in [-0.25, -0.2) is 0 Å². The number of amides is 1. The molecule has 5 nitrogen and oxygen atoms in total. The lowest BCUT2D eigenvalue weighted by Gasteiger charge is -2.22. The van der Waals surface area contributed by atoms with Crippen molar-refractivity contribution in [1.29, 1.82) is 0 Å². The summed E-state index contributed by atoms with van der Waals surface area (Å²) in [7, 11) is 0. The predicted octanol–water partition coefficient (Wildman–Crippen LogP) is 3.28. The summed E-state index contributed by atoms with van der Waals surface area (Å²) in [6.07, 6.45) is 3.62. The number of benzene rings is 1. The number of carbonyl (C=O) groups is 1. The standard InChI is InChI=1S/C14H17ClN2O3/c15-8-1-2-9-16-13-7-6-12(17(19)20)10-11(13)4-3-5-14(16)18/h6-7,10H,1-5,8-9H2. The normalized spacial score (nSPS) is 14.8. The number of halogens is 1. The van der Waals surface area contributed by atoms with Gasteiger partial charge in [0.2, 0.25) is 5.91 Å². The van der Waals surface area contributed by atoms with Gasteiger partial charge in [0.05, 0.1) is 4.92 Å². The first-order chi connectivity index (χ1) is 9.63. The number of nitro groups is 1. The number of rotatable bonds is 5. The van der Waals surface area contributed by atoms with Crippen LogP contribution in [-0.2, 0) is 11.2 Å². The number of hydrogen-bond donors (Lipinski definition) is 0. The Hall–Kier alpha value is -1.62. The van der Waals surface area contributed by atoms with Crippen molar-refractivity contribution < 1.29 is 9.72 Å². The van der Waals surface area contributed by atoms with Crippen LogP contribution in [0.25, 0.3) is 0 Å². The lowest BCUT2D eigenvalue weighted by Crippen LogP contribution is -2.31. The Balaban J connectivity index is 2.29. The van der Waals surface area contributed by atoms with Gasteiger partial charge in [0, 0.05) is 36.7 Å². The lowest BCUT2D eigenvalue weighted by atomic mass is 10.1. The van der Waals surface area contributed by atoms with Crippen molar-refractivity contribution in [3.8, 4) is 0 Å². The lowest BCUT2D eigenvalue weighted by molar-refractivity contribution is -0.384. The molecule has 0 fully saturated rings. The second-order valence-corrected chi connectivity index (χ2v) is 5.24. The van der Waals surface area contributed by atoms with E-state index in [1.165, 1.54) is 6.07 Å². The monoisotopic (exact) mass is 296 g/mol. The fourth-order valence-electron chi connectivity index (χ4n) is 2.46. The number of anilines is 1. The van der Waals surface area contributed by atoms with Gasteiger partial charge in [0.15, 0.2) is 0 Å². The summed E-state index contributed by atoms with van der Waals surface area (Å²) >= 11 is 5.67. The fraction of sp³-hybridized carbons (Fsp3) is 0.500. The number of non-ortho nitro benzene ring substituents is 1. The summed E-state index contributed by atoms with van der Waals surface area (Å²) in [4.78, 5) is 24.3. The highest BCUT2D eigenvalue weighted by atomic mass is 35.5. The van der Waals surface area contributed by atoms with Gasteiger partial charge in [-0.05, 0) is 37.3 Å². The number of unbranched alkanes of at least 4 members (excludes halogenated alkanes) is 1. The molecule has 1 aliphatic rings. The summed E-state index contributed by atoms with van der Waals surface area (Å²) in [5.74, 6) is 0.668.